The molecule has 1 unspecified atom stereocenters. The number of aryl methyl sites for hydroxylation is 1. The molecule has 3 nitrogen and oxygen atoms in total. The van der Waals surface area contributed by atoms with Crippen LogP contribution in [-0.4, -0.2) is 16.6 Å². The van der Waals surface area contributed by atoms with Gasteiger partial charge >= 0.3 is 0 Å². The molecular weight excluding hydrogens is 349 g/mol. The molecule has 1 atom stereocenters. The summed E-state index contributed by atoms with van der Waals surface area (Å²) in [5.41, 5.74) is 1.12. The number of halogens is 2. The second-order valence-corrected chi connectivity index (χ2v) is 5.36. The van der Waals surface area contributed by atoms with E-state index in [4.69, 9.17) is 11.6 Å². The molecule has 1 N–H and O–H groups in total. The molecule has 17 heavy (non-hydrogen) atoms. The zero-order valence-corrected chi connectivity index (χ0v) is 12.5. The van der Waals surface area contributed by atoms with Gasteiger partial charge in [0.15, 0.2) is 0 Å². The van der Waals surface area contributed by atoms with Gasteiger partial charge in [0.05, 0.1) is 11.1 Å². The molecule has 0 aliphatic heterocycles. The predicted octanol–water partition coefficient (Wildman–Crippen LogP) is 2.99. The lowest BCUT2D eigenvalue weighted by Gasteiger charge is -2.17. The van der Waals surface area contributed by atoms with Crippen molar-refractivity contribution >= 4 is 34.2 Å². The lowest BCUT2D eigenvalue weighted by Crippen LogP contribution is -2.21. The van der Waals surface area contributed by atoms with Gasteiger partial charge in [0.1, 0.15) is 5.82 Å². The standard InChI is InChI=1S/C12H13ClIN3/c1-15-11(12-16-5-6-17(12)2)8-3-4-10(14)9(13)7-8/h3-7,11,15H,1-2H3. The number of imidazole rings is 1. The summed E-state index contributed by atoms with van der Waals surface area (Å²) in [5.74, 6) is 0.977. The van der Waals surface area contributed by atoms with Crippen LogP contribution in [0.25, 0.3) is 0 Å². The third kappa shape index (κ3) is 2.64. The maximum absolute atomic E-state index is 6.15. The smallest absolute Gasteiger partial charge is 0.130 e. The van der Waals surface area contributed by atoms with Crippen molar-refractivity contribution in [1.29, 1.82) is 0 Å². The summed E-state index contributed by atoms with van der Waals surface area (Å²) in [6, 6.07) is 6.14. The van der Waals surface area contributed by atoms with E-state index < -0.39 is 0 Å². The van der Waals surface area contributed by atoms with E-state index in [9.17, 15) is 0 Å². The van der Waals surface area contributed by atoms with Gasteiger partial charge in [-0.1, -0.05) is 17.7 Å². The second kappa shape index (κ2) is 5.37. The fourth-order valence-corrected chi connectivity index (χ4v) is 2.32. The van der Waals surface area contributed by atoms with Gasteiger partial charge in [0.25, 0.3) is 0 Å². The molecule has 0 aliphatic carbocycles. The molecule has 0 bridgehead atoms. The normalized spacial score (nSPS) is 12.7. The highest BCUT2D eigenvalue weighted by Crippen LogP contribution is 2.26. The predicted molar refractivity (Wildman–Crippen MR) is 78.3 cm³/mol. The minimum Gasteiger partial charge on any atom is -0.336 e. The molecule has 0 spiro atoms. The van der Waals surface area contributed by atoms with Crippen LogP contribution in [0.15, 0.2) is 30.6 Å². The van der Waals surface area contributed by atoms with Crippen molar-refractivity contribution in [1.82, 2.24) is 14.9 Å². The van der Waals surface area contributed by atoms with Gasteiger partial charge in [-0.3, -0.25) is 0 Å². The van der Waals surface area contributed by atoms with E-state index in [0.29, 0.717) is 0 Å². The quantitative estimate of drug-likeness (QED) is 0.852. The van der Waals surface area contributed by atoms with E-state index in [0.717, 1.165) is 20.0 Å². The molecule has 0 aliphatic rings. The summed E-state index contributed by atoms with van der Waals surface area (Å²) in [7, 11) is 3.91. The number of aromatic nitrogens is 2. The summed E-state index contributed by atoms with van der Waals surface area (Å²) in [6.07, 6.45) is 3.74. The number of benzene rings is 1. The summed E-state index contributed by atoms with van der Waals surface area (Å²) in [5, 5.41) is 4.04. The van der Waals surface area contributed by atoms with Crippen LogP contribution >= 0.6 is 34.2 Å². The largest absolute Gasteiger partial charge is 0.336 e. The van der Waals surface area contributed by atoms with Crippen molar-refractivity contribution < 1.29 is 0 Å². The van der Waals surface area contributed by atoms with Crippen molar-refractivity contribution in [3.05, 3.63) is 50.6 Å². The number of nitrogens with one attached hydrogen (secondary N) is 1. The Labute approximate surface area is 119 Å². The Kier molecular flexibility index (Phi) is 4.06. The number of hydrogen-bond donors (Lipinski definition) is 1. The van der Waals surface area contributed by atoms with Crippen LogP contribution in [0, 0.1) is 3.57 Å². The maximum Gasteiger partial charge on any atom is 0.130 e. The maximum atomic E-state index is 6.15. The Balaban J connectivity index is 2.42. The number of nitrogens with zero attached hydrogens (tertiary/aromatic N) is 2. The van der Waals surface area contributed by atoms with Gasteiger partial charge in [-0.25, -0.2) is 4.98 Å². The fraction of sp³-hybridized carbons (Fsp3) is 0.250. The fourth-order valence-electron chi connectivity index (χ4n) is 1.79. The van der Waals surface area contributed by atoms with Gasteiger partial charge in [0.2, 0.25) is 0 Å². The lowest BCUT2D eigenvalue weighted by molar-refractivity contribution is 0.617. The van der Waals surface area contributed by atoms with Crippen molar-refractivity contribution in [2.75, 3.05) is 7.05 Å². The molecule has 90 valence electrons. The monoisotopic (exact) mass is 361 g/mol. The van der Waals surface area contributed by atoms with Crippen molar-refractivity contribution in [2.45, 2.75) is 6.04 Å². The van der Waals surface area contributed by atoms with Crippen molar-refractivity contribution in [2.24, 2.45) is 7.05 Å². The minimum atomic E-state index is 0.0597. The Hall–Kier alpha value is -0.590. The number of hydrogen-bond acceptors (Lipinski definition) is 2. The van der Waals surface area contributed by atoms with Crippen molar-refractivity contribution in [3.63, 3.8) is 0 Å². The molecule has 2 rings (SSSR count). The van der Waals surface area contributed by atoms with E-state index >= 15 is 0 Å². The summed E-state index contributed by atoms with van der Waals surface area (Å²) < 4.78 is 3.07. The number of rotatable bonds is 3. The van der Waals surface area contributed by atoms with E-state index in [1.54, 1.807) is 6.20 Å². The molecule has 1 aromatic carbocycles. The summed E-state index contributed by atoms with van der Waals surface area (Å²) >= 11 is 8.38. The zero-order valence-electron chi connectivity index (χ0n) is 9.61. The molecule has 0 fully saturated rings. The van der Waals surface area contributed by atoms with E-state index in [1.807, 2.05) is 37.0 Å². The van der Waals surface area contributed by atoms with Gasteiger partial charge in [-0.15, -0.1) is 0 Å². The van der Waals surface area contributed by atoms with Crippen LogP contribution in [0.1, 0.15) is 17.4 Å². The van der Waals surface area contributed by atoms with Crippen LogP contribution in [0.2, 0.25) is 5.02 Å². The highest BCUT2D eigenvalue weighted by Gasteiger charge is 2.16. The van der Waals surface area contributed by atoms with E-state index in [1.165, 1.54) is 0 Å². The van der Waals surface area contributed by atoms with E-state index in [-0.39, 0.29) is 6.04 Å². The molecule has 1 heterocycles. The van der Waals surface area contributed by atoms with Crippen LogP contribution in [-0.2, 0) is 7.05 Å². The average molecular weight is 362 g/mol. The Morgan fingerprint density at radius 3 is 2.76 bits per heavy atom. The first kappa shape index (κ1) is 12.9. The van der Waals surface area contributed by atoms with Gasteiger partial charge in [-0.05, 0) is 47.3 Å². The Bertz CT molecular complexity index is 524. The Morgan fingerprint density at radius 2 is 2.24 bits per heavy atom. The molecule has 2 aromatic rings. The van der Waals surface area contributed by atoms with Crippen LogP contribution in [0.4, 0.5) is 0 Å². The van der Waals surface area contributed by atoms with Crippen LogP contribution in [0.3, 0.4) is 0 Å². The van der Waals surface area contributed by atoms with E-state index in [2.05, 4.69) is 39.0 Å². The highest BCUT2D eigenvalue weighted by atomic mass is 127. The first-order valence-corrected chi connectivity index (χ1v) is 6.68. The van der Waals surface area contributed by atoms with Gasteiger partial charge in [0, 0.05) is 23.0 Å². The molecule has 0 saturated heterocycles. The van der Waals surface area contributed by atoms with Crippen LogP contribution in [0.5, 0.6) is 0 Å². The molecule has 0 saturated carbocycles. The minimum absolute atomic E-state index is 0.0597. The molecule has 0 radical (unpaired) electrons. The SMILES string of the molecule is CNC(c1ccc(I)c(Cl)c1)c1nccn1C. The Morgan fingerprint density at radius 1 is 1.47 bits per heavy atom. The van der Waals surface area contributed by atoms with Crippen LogP contribution < -0.4 is 5.32 Å². The zero-order chi connectivity index (χ0) is 12.4. The summed E-state index contributed by atoms with van der Waals surface area (Å²) in [4.78, 5) is 4.37. The topological polar surface area (TPSA) is 29.9 Å². The first-order chi connectivity index (χ1) is 8.13. The molecule has 0 amide bonds. The second-order valence-electron chi connectivity index (χ2n) is 3.79. The highest BCUT2D eigenvalue weighted by molar-refractivity contribution is 14.1. The first-order valence-electron chi connectivity index (χ1n) is 5.23. The molecule has 1 aromatic heterocycles. The lowest BCUT2D eigenvalue weighted by atomic mass is 10.1. The molecule has 5 heteroatoms. The summed E-state index contributed by atoms with van der Waals surface area (Å²) in [6.45, 7) is 0. The van der Waals surface area contributed by atoms with Gasteiger partial charge < -0.3 is 9.88 Å². The third-order valence-electron chi connectivity index (χ3n) is 2.68. The van der Waals surface area contributed by atoms with Crippen molar-refractivity contribution in [3.8, 4) is 0 Å². The van der Waals surface area contributed by atoms with Gasteiger partial charge in [-0.2, -0.15) is 0 Å². The molecular formula is C12H13ClIN3. The average Bonchev–Trinajstić information content (AvgIpc) is 2.71. The third-order valence-corrected chi connectivity index (χ3v) is 4.25.